The SMILES string of the molecule is O=C(O)Nc1c[nH]c2ccc(-c3cnn(-c4ccc(C(F)(F)F)cc4)c3)nc12. The molecule has 0 unspecified atom stereocenters. The van der Waals surface area contributed by atoms with Crippen LogP contribution in [-0.2, 0) is 6.18 Å². The maximum atomic E-state index is 12.7. The van der Waals surface area contributed by atoms with Gasteiger partial charge in [0.25, 0.3) is 0 Å². The summed E-state index contributed by atoms with van der Waals surface area (Å²) in [6, 6.07) is 8.13. The molecule has 0 aliphatic carbocycles. The van der Waals surface area contributed by atoms with Crippen LogP contribution in [0.3, 0.4) is 0 Å². The van der Waals surface area contributed by atoms with Crippen molar-refractivity contribution in [3.05, 3.63) is 60.6 Å². The third kappa shape index (κ3) is 3.27. The largest absolute Gasteiger partial charge is 0.465 e. The Morgan fingerprint density at radius 3 is 2.57 bits per heavy atom. The van der Waals surface area contributed by atoms with Gasteiger partial charge in [0.05, 0.1) is 34.3 Å². The van der Waals surface area contributed by atoms with Crippen LogP contribution < -0.4 is 5.32 Å². The number of carboxylic acid groups (broad SMARTS) is 1. The first-order chi connectivity index (χ1) is 13.3. The third-order valence-corrected chi connectivity index (χ3v) is 4.10. The van der Waals surface area contributed by atoms with Gasteiger partial charge < -0.3 is 10.1 Å². The second-order valence-corrected chi connectivity index (χ2v) is 5.94. The fourth-order valence-electron chi connectivity index (χ4n) is 2.77. The number of nitrogens with zero attached hydrogens (tertiary/aromatic N) is 3. The minimum Gasteiger partial charge on any atom is -0.465 e. The smallest absolute Gasteiger partial charge is 0.416 e. The summed E-state index contributed by atoms with van der Waals surface area (Å²) >= 11 is 0. The monoisotopic (exact) mass is 387 g/mol. The predicted octanol–water partition coefficient (Wildman–Crippen LogP) is 4.52. The van der Waals surface area contributed by atoms with Crippen molar-refractivity contribution in [3.63, 3.8) is 0 Å². The molecule has 0 aliphatic heterocycles. The lowest BCUT2D eigenvalue weighted by Crippen LogP contribution is -2.06. The first-order valence-electron chi connectivity index (χ1n) is 8.02. The Hall–Kier alpha value is -3.82. The molecular weight excluding hydrogens is 375 g/mol. The van der Waals surface area contributed by atoms with Crippen LogP contribution in [0.15, 0.2) is 55.0 Å². The highest BCUT2D eigenvalue weighted by molar-refractivity contribution is 5.97. The summed E-state index contributed by atoms with van der Waals surface area (Å²) in [7, 11) is 0. The average molecular weight is 387 g/mol. The molecule has 3 heterocycles. The summed E-state index contributed by atoms with van der Waals surface area (Å²) < 4.78 is 39.5. The minimum atomic E-state index is -4.40. The molecule has 10 heteroatoms. The average Bonchev–Trinajstić information content (AvgIpc) is 3.28. The maximum absolute atomic E-state index is 12.7. The molecule has 28 heavy (non-hydrogen) atoms. The number of benzene rings is 1. The van der Waals surface area contributed by atoms with Gasteiger partial charge >= 0.3 is 12.3 Å². The Bertz CT molecular complexity index is 1160. The minimum absolute atomic E-state index is 0.319. The van der Waals surface area contributed by atoms with Crippen LogP contribution in [0.5, 0.6) is 0 Å². The second kappa shape index (κ2) is 6.41. The van der Waals surface area contributed by atoms with Gasteiger partial charge in [-0.05, 0) is 36.4 Å². The van der Waals surface area contributed by atoms with E-state index in [4.69, 9.17) is 5.11 Å². The Balaban J connectivity index is 1.66. The number of H-pyrrole nitrogens is 1. The van der Waals surface area contributed by atoms with Crippen molar-refractivity contribution in [1.29, 1.82) is 0 Å². The molecular formula is C18H12F3N5O2. The summed E-state index contributed by atoms with van der Waals surface area (Å²) in [6.07, 6.45) is -0.938. The van der Waals surface area contributed by atoms with E-state index in [2.05, 4.69) is 20.4 Å². The number of aromatic amines is 1. The molecule has 142 valence electrons. The van der Waals surface area contributed by atoms with Gasteiger partial charge in [0, 0.05) is 18.0 Å². The quantitative estimate of drug-likeness (QED) is 0.481. The molecule has 4 aromatic rings. The van der Waals surface area contributed by atoms with E-state index in [9.17, 15) is 18.0 Å². The molecule has 0 fully saturated rings. The lowest BCUT2D eigenvalue weighted by Gasteiger charge is -2.07. The van der Waals surface area contributed by atoms with E-state index in [0.717, 1.165) is 12.1 Å². The van der Waals surface area contributed by atoms with E-state index >= 15 is 0 Å². The molecule has 0 atom stereocenters. The van der Waals surface area contributed by atoms with E-state index in [0.29, 0.717) is 33.7 Å². The van der Waals surface area contributed by atoms with Gasteiger partial charge in [-0.1, -0.05) is 0 Å². The highest BCUT2D eigenvalue weighted by atomic mass is 19.4. The van der Waals surface area contributed by atoms with Crippen LogP contribution in [0.1, 0.15) is 5.56 Å². The number of amides is 1. The van der Waals surface area contributed by atoms with Crippen LogP contribution in [-0.4, -0.2) is 30.9 Å². The molecule has 0 bridgehead atoms. The molecule has 1 aromatic carbocycles. The van der Waals surface area contributed by atoms with Crippen LogP contribution >= 0.6 is 0 Å². The molecule has 0 spiro atoms. The summed E-state index contributed by atoms with van der Waals surface area (Å²) in [6.45, 7) is 0. The number of anilines is 1. The summed E-state index contributed by atoms with van der Waals surface area (Å²) in [5.74, 6) is 0. The summed E-state index contributed by atoms with van der Waals surface area (Å²) in [5, 5.41) is 15.3. The number of hydrogen-bond donors (Lipinski definition) is 3. The Morgan fingerprint density at radius 1 is 1.14 bits per heavy atom. The highest BCUT2D eigenvalue weighted by Gasteiger charge is 2.30. The van der Waals surface area contributed by atoms with Crippen molar-refractivity contribution in [2.24, 2.45) is 0 Å². The van der Waals surface area contributed by atoms with E-state index < -0.39 is 17.8 Å². The van der Waals surface area contributed by atoms with E-state index in [1.54, 1.807) is 18.3 Å². The molecule has 1 amide bonds. The van der Waals surface area contributed by atoms with Gasteiger partial charge in [0.2, 0.25) is 0 Å². The summed E-state index contributed by atoms with van der Waals surface area (Å²) in [5.41, 5.74) is 2.32. The zero-order valence-electron chi connectivity index (χ0n) is 14.0. The summed E-state index contributed by atoms with van der Waals surface area (Å²) in [4.78, 5) is 18.2. The third-order valence-electron chi connectivity index (χ3n) is 4.10. The molecule has 0 saturated heterocycles. The van der Waals surface area contributed by atoms with Gasteiger partial charge in [0.15, 0.2) is 0 Å². The topological polar surface area (TPSA) is 95.8 Å². The zero-order valence-corrected chi connectivity index (χ0v) is 14.0. The molecule has 0 aliphatic rings. The van der Waals surface area contributed by atoms with Crippen molar-refractivity contribution in [3.8, 4) is 16.9 Å². The van der Waals surface area contributed by atoms with Gasteiger partial charge in [-0.2, -0.15) is 18.3 Å². The fraction of sp³-hybridized carbons (Fsp3) is 0.0556. The lowest BCUT2D eigenvalue weighted by atomic mass is 10.2. The van der Waals surface area contributed by atoms with Crippen LogP contribution in [0.25, 0.3) is 28.0 Å². The molecule has 3 aromatic heterocycles. The zero-order chi connectivity index (χ0) is 19.9. The Morgan fingerprint density at radius 2 is 1.89 bits per heavy atom. The number of halogens is 3. The number of rotatable bonds is 3. The van der Waals surface area contributed by atoms with E-state index in [1.807, 2.05) is 0 Å². The standard InChI is InChI=1S/C18H12F3N5O2/c19-18(20,21)11-1-3-12(4-2-11)26-9-10(7-23-26)13-5-6-14-16(24-13)15(8-22-14)25-17(27)28/h1-9,22,25H,(H,27,28). The van der Waals surface area contributed by atoms with Gasteiger partial charge in [-0.3, -0.25) is 5.32 Å². The highest BCUT2D eigenvalue weighted by Crippen LogP contribution is 2.30. The van der Waals surface area contributed by atoms with Crippen molar-refractivity contribution >= 4 is 22.8 Å². The Labute approximate surface area is 155 Å². The first-order valence-corrected chi connectivity index (χ1v) is 8.02. The Kier molecular flexibility index (Phi) is 4.03. The van der Waals surface area contributed by atoms with Crippen LogP contribution in [0.2, 0.25) is 0 Å². The molecule has 7 nitrogen and oxygen atoms in total. The van der Waals surface area contributed by atoms with Crippen LogP contribution in [0, 0.1) is 0 Å². The van der Waals surface area contributed by atoms with Crippen molar-refractivity contribution < 1.29 is 23.1 Å². The van der Waals surface area contributed by atoms with Gasteiger partial charge in [-0.25, -0.2) is 14.5 Å². The lowest BCUT2D eigenvalue weighted by molar-refractivity contribution is -0.137. The number of nitrogens with one attached hydrogen (secondary N) is 2. The number of hydrogen-bond acceptors (Lipinski definition) is 3. The second-order valence-electron chi connectivity index (χ2n) is 5.94. The van der Waals surface area contributed by atoms with Crippen molar-refractivity contribution in [2.75, 3.05) is 5.32 Å². The van der Waals surface area contributed by atoms with Crippen molar-refractivity contribution in [2.45, 2.75) is 6.18 Å². The maximum Gasteiger partial charge on any atom is 0.416 e. The molecule has 0 radical (unpaired) electrons. The first kappa shape index (κ1) is 17.6. The number of pyridine rings is 1. The molecule has 4 rings (SSSR count). The van der Waals surface area contributed by atoms with E-state index in [1.165, 1.54) is 29.2 Å². The fourth-order valence-corrected chi connectivity index (χ4v) is 2.77. The van der Waals surface area contributed by atoms with Gasteiger partial charge in [-0.15, -0.1) is 0 Å². The van der Waals surface area contributed by atoms with E-state index in [-0.39, 0.29) is 0 Å². The predicted molar refractivity (Wildman–Crippen MR) is 95.3 cm³/mol. The van der Waals surface area contributed by atoms with Gasteiger partial charge in [0.1, 0.15) is 5.52 Å². The van der Waals surface area contributed by atoms with Crippen LogP contribution in [0.4, 0.5) is 23.7 Å². The molecule has 3 N–H and O–H groups in total. The number of carbonyl (C=O) groups is 1. The van der Waals surface area contributed by atoms with Crippen molar-refractivity contribution in [1.82, 2.24) is 19.7 Å². The normalized spacial score (nSPS) is 11.7. The number of alkyl halides is 3. The number of aromatic nitrogens is 4. The molecule has 0 saturated carbocycles. The number of fused-ring (bicyclic) bond motifs is 1.